The lowest BCUT2D eigenvalue weighted by Crippen LogP contribution is -2.51. The van der Waals surface area contributed by atoms with E-state index in [1.807, 2.05) is 6.92 Å². The molecule has 0 spiro atoms. The third kappa shape index (κ3) is 9.95. The average molecular weight is 401 g/mol. The highest BCUT2D eigenvalue weighted by molar-refractivity contribution is 5.89. The van der Waals surface area contributed by atoms with Gasteiger partial charge in [-0.05, 0) is 26.7 Å². The second-order valence-electron chi connectivity index (χ2n) is 7.32. The molecule has 2 amide bonds. The molecule has 0 aliphatic carbocycles. The fourth-order valence-electron chi connectivity index (χ4n) is 2.55. The highest BCUT2D eigenvalue weighted by atomic mass is 16.6. The first kappa shape index (κ1) is 26.2. The van der Waals surface area contributed by atoms with Crippen molar-refractivity contribution in [3.8, 4) is 0 Å². The Bertz CT molecular complexity index is 470. The van der Waals surface area contributed by atoms with Gasteiger partial charge in [-0.3, -0.25) is 9.69 Å². The van der Waals surface area contributed by atoms with Gasteiger partial charge in [-0.2, -0.15) is 0 Å². The van der Waals surface area contributed by atoms with E-state index in [0.717, 1.165) is 32.1 Å². The molecule has 7 nitrogen and oxygen atoms in total. The van der Waals surface area contributed by atoms with Crippen molar-refractivity contribution in [1.82, 2.24) is 9.80 Å². The lowest BCUT2D eigenvalue weighted by Gasteiger charge is -2.30. The smallest absolute Gasteiger partial charge is 0.410 e. The quantitative estimate of drug-likeness (QED) is 0.325. The van der Waals surface area contributed by atoms with Gasteiger partial charge in [0.05, 0.1) is 13.2 Å². The molecule has 2 unspecified atom stereocenters. The van der Waals surface area contributed by atoms with Crippen molar-refractivity contribution in [2.24, 2.45) is 0 Å². The normalized spacial score (nSPS) is 12.8. The van der Waals surface area contributed by atoms with Gasteiger partial charge >= 0.3 is 12.1 Å². The zero-order valence-electron chi connectivity index (χ0n) is 18.7. The number of ether oxygens (including phenoxy) is 2. The number of hydrogen-bond acceptors (Lipinski definition) is 5. The van der Waals surface area contributed by atoms with Crippen molar-refractivity contribution in [1.29, 1.82) is 0 Å². The number of nitrogens with zero attached hydrogens (tertiary/aromatic N) is 2. The topological polar surface area (TPSA) is 76.2 Å². The molecule has 0 aromatic rings. The Balaban J connectivity index is 4.35. The molecule has 0 saturated carbocycles. The Kier molecular flexibility index (Phi) is 14.2. The molecule has 0 N–H and O–H groups in total. The predicted octanol–water partition coefficient (Wildman–Crippen LogP) is 3.99. The van der Waals surface area contributed by atoms with Crippen LogP contribution < -0.4 is 0 Å². The van der Waals surface area contributed by atoms with Crippen LogP contribution in [0.5, 0.6) is 0 Å². The van der Waals surface area contributed by atoms with Crippen molar-refractivity contribution in [3.05, 3.63) is 0 Å². The molecule has 0 radical (unpaired) electrons. The second kappa shape index (κ2) is 15.2. The van der Waals surface area contributed by atoms with Gasteiger partial charge in [-0.1, -0.05) is 52.4 Å². The first-order valence-electron chi connectivity index (χ1n) is 10.6. The maximum atomic E-state index is 12.6. The molecule has 0 aromatic heterocycles. The number of carbonyl (C=O) groups is 3. The van der Waals surface area contributed by atoms with E-state index < -0.39 is 24.1 Å². The van der Waals surface area contributed by atoms with Gasteiger partial charge in [0.15, 0.2) is 0 Å². The Labute approximate surface area is 170 Å². The molecule has 0 aliphatic heterocycles. The molecule has 28 heavy (non-hydrogen) atoms. The van der Waals surface area contributed by atoms with Gasteiger partial charge in [0.2, 0.25) is 5.91 Å². The van der Waals surface area contributed by atoms with E-state index in [-0.39, 0.29) is 5.91 Å². The van der Waals surface area contributed by atoms with Crippen molar-refractivity contribution < 1.29 is 23.9 Å². The molecule has 2 atom stereocenters. The van der Waals surface area contributed by atoms with Crippen LogP contribution in [0.25, 0.3) is 0 Å². The summed E-state index contributed by atoms with van der Waals surface area (Å²) in [5.74, 6) is -0.760. The van der Waals surface area contributed by atoms with Crippen LogP contribution in [0.1, 0.15) is 79.1 Å². The van der Waals surface area contributed by atoms with E-state index in [9.17, 15) is 14.4 Å². The van der Waals surface area contributed by atoms with Crippen LogP contribution in [0, 0.1) is 0 Å². The number of likely N-dealkylation sites (N-methyl/N-ethyl adjacent to an activating group) is 2. The van der Waals surface area contributed by atoms with E-state index in [4.69, 9.17) is 9.47 Å². The molecule has 0 aromatic carbocycles. The van der Waals surface area contributed by atoms with Gasteiger partial charge in [-0.25, -0.2) is 9.59 Å². The number of hydrogen-bond donors (Lipinski definition) is 0. The molecule has 0 aliphatic rings. The predicted molar refractivity (Wildman–Crippen MR) is 110 cm³/mol. The van der Waals surface area contributed by atoms with Gasteiger partial charge < -0.3 is 14.4 Å². The van der Waals surface area contributed by atoms with Crippen LogP contribution in [0.15, 0.2) is 0 Å². The molecule has 0 rings (SSSR count). The lowest BCUT2D eigenvalue weighted by atomic mass is 10.1. The Morgan fingerprint density at radius 1 is 0.714 bits per heavy atom. The molecule has 164 valence electrons. The van der Waals surface area contributed by atoms with Gasteiger partial charge in [0.25, 0.3) is 0 Å². The summed E-state index contributed by atoms with van der Waals surface area (Å²) in [6.07, 6.45) is 7.85. The summed E-state index contributed by atoms with van der Waals surface area (Å²) in [5, 5.41) is 0. The number of amides is 2. The number of rotatable bonds is 14. The van der Waals surface area contributed by atoms with E-state index in [2.05, 4.69) is 6.92 Å². The zero-order valence-corrected chi connectivity index (χ0v) is 18.7. The molecule has 0 fully saturated rings. The molecular formula is C21H40N2O5. The van der Waals surface area contributed by atoms with Crippen molar-refractivity contribution in [2.75, 3.05) is 27.3 Å². The summed E-state index contributed by atoms with van der Waals surface area (Å²) in [6.45, 7) is 8.14. The number of carbonyl (C=O) groups excluding carboxylic acids is 3. The number of unbranched alkanes of at least 4 members (excludes halogenated alkanes) is 6. The SMILES string of the molecule is CCCCCCCCOC(=O)C(C)N(C)C(=O)C(C)N(C)C(=O)OCCCC. The van der Waals surface area contributed by atoms with Crippen LogP contribution in [0.4, 0.5) is 4.79 Å². The summed E-state index contributed by atoms with van der Waals surface area (Å²) in [4.78, 5) is 39.4. The van der Waals surface area contributed by atoms with E-state index in [1.165, 1.54) is 36.1 Å². The van der Waals surface area contributed by atoms with Crippen molar-refractivity contribution in [3.63, 3.8) is 0 Å². The van der Waals surface area contributed by atoms with E-state index >= 15 is 0 Å². The molecule has 0 bridgehead atoms. The lowest BCUT2D eigenvalue weighted by molar-refractivity contribution is -0.154. The number of esters is 1. The zero-order chi connectivity index (χ0) is 21.5. The third-order valence-corrected chi connectivity index (χ3v) is 4.96. The van der Waals surface area contributed by atoms with Crippen molar-refractivity contribution >= 4 is 18.0 Å². The minimum absolute atomic E-state index is 0.331. The fraction of sp³-hybridized carbons (Fsp3) is 0.857. The first-order valence-corrected chi connectivity index (χ1v) is 10.6. The van der Waals surface area contributed by atoms with Gasteiger partial charge in [0.1, 0.15) is 12.1 Å². The standard InChI is InChI=1S/C21H40N2O5/c1-7-9-11-12-13-14-16-27-20(25)18(4)22(5)19(24)17(3)23(6)21(26)28-15-10-8-2/h17-18H,7-16H2,1-6H3. The minimum atomic E-state index is -0.729. The monoisotopic (exact) mass is 400 g/mol. The minimum Gasteiger partial charge on any atom is -0.464 e. The first-order chi connectivity index (χ1) is 13.3. The fourth-order valence-corrected chi connectivity index (χ4v) is 2.55. The van der Waals surface area contributed by atoms with Crippen LogP contribution in [0.3, 0.4) is 0 Å². The summed E-state index contributed by atoms with van der Waals surface area (Å²) in [5.41, 5.74) is 0. The molecule has 0 saturated heterocycles. The summed E-state index contributed by atoms with van der Waals surface area (Å²) >= 11 is 0. The van der Waals surface area contributed by atoms with Gasteiger partial charge in [0, 0.05) is 14.1 Å². The van der Waals surface area contributed by atoms with Crippen LogP contribution in [-0.2, 0) is 19.1 Å². The molecule has 0 heterocycles. The van der Waals surface area contributed by atoms with E-state index in [0.29, 0.717) is 13.2 Å². The highest BCUT2D eigenvalue weighted by Crippen LogP contribution is 2.09. The van der Waals surface area contributed by atoms with Crippen LogP contribution in [0.2, 0.25) is 0 Å². The Hall–Kier alpha value is -1.79. The maximum absolute atomic E-state index is 12.6. The summed E-state index contributed by atoms with van der Waals surface area (Å²) in [7, 11) is 3.07. The third-order valence-electron chi connectivity index (χ3n) is 4.96. The van der Waals surface area contributed by atoms with Crippen molar-refractivity contribution in [2.45, 2.75) is 91.1 Å². The Morgan fingerprint density at radius 2 is 1.25 bits per heavy atom. The summed E-state index contributed by atoms with van der Waals surface area (Å²) < 4.78 is 10.4. The average Bonchev–Trinajstić information content (AvgIpc) is 2.70. The largest absolute Gasteiger partial charge is 0.464 e. The molecular weight excluding hydrogens is 360 g/mol. The van der Waals surface area contributed by atoms with E-state index in [1.54, 1.807) is 20.9 Å². The second-order valence-corrected chi connectivity index (χ2v) is 7.32. The van der Waals surface area contributed by atoms with Gasteiger partial charge in [-0.15, -0.1) is 0 Å². The maximum Gasteiger partial charge on any atom is 0.410 e. The summed E-state index contributed by atoms with van der Waals surface area (Å²) in [6, 6.07) is -1.44. The van der Waals surface area contributed by atoms with Crippen LogP contribution >= 0.6 is 0 Å². The highest BCUT2D eigenvalue weighted by Gasteiger charge is 2.31. The molecule has 7 heteroatoms. The van der Waals surface area contributed by atoms with Crippen LogP contribution in [-0.4, -0.2) is 67.2 Å². The Morgan fingerprint density at radius 3 is 1.86 bits per heavy atom.